The maximum Gasteiger partial charge on any atom is 0.231 e. The quantitative estimate of drug-likeness (QED) is 0.813. The van der Waals surface area contributed by atoms with Gasteiger partial charge in [-0.2, -0.15) is 0 Å². The number of rotatable bonds is 6. The average molecular weight is 387 g/mol. The first-order valence-corrected chi connectivity index (χ1v) is 10.2. The van der Waals surface area contributed by atoms with Gasteiger partial charge in [-0.25, -0.2) is 0 Å². The van der Waals surface area contributed by atoms with Crippen LogP contribution in [0.4, 0.5) is 10.8 Å². The van der Waals surface area contributed by atoms with Gasteiger partial charge in [-0.05, 0) is 37.5 Å². The van der Waals surface area contributed by atoms with E-state index in [0.29, 0.717) is 17.6 Å². The topological polar surface area (TPSA) is 75.2 Å². The average Bonchev–Trinajstić information content (AvgIpc) is 3.24. The fraction of sp³-hybridized carbons (Fsp3) is 0.500. The van der Waals surface area contributed by atoms with Crippen molar-refractivity contribution in [1.29, 1.82) is 0 Å². The summed E-state index contributed by atoms with van der Waals surface area (Å²) in [6, 6.07) is 5.90. The smallest absolute Gasteiger partial charge is 0.231 e. The van der Waals surface area contributed by atoms with Gasteiger partial charge in [-0.1, -0.05) is 43.7 Å². The van der Waals surface area contributed by atoms with Crippen molar-refractivity contribution in [2.75, 3.05) is 16.8 Å². The van der Waals surface area contributed by atoms with Gasteiger partial charge in [0, 0.05) is 24.6 Å². The standard InChI is InChI=1S/C20H26N4O2S/c1-5-7-13(3)19-22-23-20(27-19)21-18(26)15-10-17(25)24(11-15)16-9-6-8-12(2)14(16)4/h6,8-9,13,15H,5,7,10-11H2,1-4H3,(H,21,23,26)/t13-,15-/m0/s1. The second-order valence-corrected chi connectivity index (χ2v) is 8.26. The summed E-state index contributed by atoms with van der Waals surface area (Å²) in [5.41, 5.74) is 3.10. The minimum atomic E-state index is -0.377. The van der Waals surface area contributed by atoms with Gasteiger partial charge in [-0.3, -0.25) is 9.59 Å². The van der Waals surface area contributed by atoms with E-state index >= 15 is 0 Å². The molecule has 1 aliphatic rings. The zero-order chi connectivity index (χ0) is 19.6. The van der Waals surface area contributed by atoms with Gasteiger partial charge < -0.3 is 10.2 Å². The summed E-state index contributed by atoms with van der Waals surface area (Å²) in [6.07, 6.45) is 2.35. The Bertz CT molecular complexity index is 848. The lowest BCUT2D eigenvalue weighted by Gasteiger charge is -2.20. The van der Waals surface area contributed by atoms with Gasteiger partial charge in [-0.15, -0.1) is 10.2 Å². The molecular weight excluding hydrogens is 360 g/mol. The van der Waals surface area contributed by atoms with Crippen LogP contribution in [0.2, 0.25) is 0 Å². The molecule has 1 aromatic heterocycles. The molecule has 0 bridgehead atoms. The van der Waals surface area contributed by atoms with E-state index < -0.39 is 0 Å². The molecule has 0 spiro atoms. The van der Waals surface area contributed by atoms with Crippen LogP contribution in [0.25, 0.3) is 0 Å². The third-order valence-electron chi connectivity index (χ3n) is 5.18. The second-order valence-electron chi connectivity index (χ2n) is 7.25. The monoisotopic (exact) mass is 386 g/mol. The Morgan fingerprint density at radius 1 is 1.37 bits per heavy atom. The highest BCUT2D eigenvalue weighted by molar-refractivity contribution is 7.15. The third-order valence-corrected chi connectivity index (χ3v) is 6.25. The number of carbonyl (C=O) groups excluding carboxylic acids is 2. The third kappa shape index (κ3) is 4.18. The minimum Gasteiger partial charge on any atom is -0.311 e. The molecule has 1 fully saturated rings. The maximum absolute atomic E-state index is 12.6. The number of aryl methyl sites for hydroxylation is 1. The number of anilines is 2. The van der Waals surface area contributed by atoms with Gasteiger partial charge in [0.15, 0.2) is 0 Å². The highest BCUT2D eigenvalue weighted by Crippen LogP contribution is 2.31. The molecule has 0 saturated carbocycles. The highest BCUT2D eigenvalue weighted by atomic mass is 32.1. The van der Waals surface area contributed by atoms with E-state index in [0.717, 1.165) is 34.7 Å². The summed E-state index contributed by atoms with van der Waals surface area (Å²) < 4.78 is 0. The Balaban J connectivity index is 1.67. The molecule has 0 aliphatic carbocycles. The first kappa shape index (κ1) is 19.5. The van der Waals surface area contributed by atoms with Crippen molar-refractivity contribution in [3.63, 3.8) is 0 Å². The number of aromatic nitrogens is 2. The Morgan fingerprint density at radius 2 is 2.15 bits per heavy atom. The van der Waals surface area contributed by atoms with E-state index in [2.05, 4.69) is 29.4 Å². The molecule has 0 unspecified atom stereocenters. The zero-order valence-corrected chi connectivity index (χ0v) is 17.1. The van der Waals surface area contributed by atoms with E-state index in [4.69, 9.17) is 0 Å². The number of nitrogens with zero attached hydrogens (tertiary/aromatic N) is 3. The number of carbonyl (C=O) groups is 2. The minimum absolute atomic E-state index is 0.0154. The van der Waals surface area contributed by atoms with Gasteiger partial charge in [0.2, 0.25) is 16.9 Å². The largest absolute Gasteiger partial charge is 0.311 e. The van der Waals surface area contributed by atoms with Crippen LogP contribution in [0.15, 0.2) is 18.2 Å². The summed E-state index contributed by atoms with van der Waals surface area (Å²) >= 11 is 1.42. The van der Waals surface area contributed by atoms with Crippen molar-refractivity contribution in [2.24, 2.45) is 5.92 Å². The summed E-state index contributed by atoms with van der Waals surface area (Å²) in [7, 11) is 0. The van der Waals surface area contributed by atoms with Crippen molar-refractivity contribution in [3.8, 4) is 0 Å². The molecule has 2 atom stereocenters. The predicted molar refractivity (Wildman–Crippen MR) is 108 cm³/mol. The summed E-state index contributed by atoms with van der Waals surface area (Å²) in [4.78, 5) is 26.9. The molecule has 3 rings (SSSR count). The molecule has 6 nitrogen and oxygen atoms in total. The van der Waals surface area contributed by atoms with Crippen molar-refractivity contribution in [2.45, 2.75) is 52.9 Å². The normalized spacial score (nSPS) is 18.0. The molecule has 1 saturated heterocycles. The van der Waals surface area contributed by atoms with E-state index in [1.54, 1.807) is 4.90 Å². The van der Waals surface area contributed by atoms with Crippen molar-refractivity contribution < 1.29 is 9.59 Å². The molecule has 2 aromatic rings. The zero-order valence-electron chi connectivity index (χ0n) is 16.3. The van der Waals surface area contributed by atoms with E-state index in [-0.39, 0.29) is 24.2 Å². The van der Waals surface area contributed by atoms with Crippen LogP contribution in [-0.2, 0) is 9.59 Å². The van der Waals surface area contributed by atoms with Gasteiger partial charge in [0.25, 0.3) is 0 Å². The lowest BCUT2D eigenvalue weighted by atomic mass is 10.1. The molecule has 1 N–H and O–H groups in total. The van der Waals surface area contributed by atoms with Crippen LogP contribution in [0.1, 0.15) is 55.2 Å². The number of hydrogen-bond donors (Lipinski definition) is 1. The van der Waals surface area contributed by atoms with Crippen LogP contribution in [0.3, 0.4) is 0 Å². The number of hydrogen-bond acceptors (Lipinski definition) is 5. The van der Waals surface area contributed by atoms with Gasteiger partial charge >= 0.3 is 0 Å². The molecule has 1 aromatic carbocycles. The van der Waals surface area contributed by atoms with Crippen molar-refractivity contribution in [1.82, 2.24) is 10.2 Å². The highest BCUT2D eigenvalue weighted by Gasteiger charge is 2.36. The van der Waals surface area contributed by atoms with Gasteiger partial charge in [0.1, 0.15) is 5.01 Å². The number of amides is 2. The maximum atomic E-state index is 12.6. The lowest BCUT2D eigenvalue weighted by Crippen LogP contribution is -2.28. The molecule has 2 amide bonds. The van der Waals surface area contributed by atoms with Crippen molar-refractivity contribution >= 4 is 34.0 Å². The summed E-state index contributed by atoms with van der Waals surface area (Å²) in [6.45, 7) is 8.68. The molecule has 7 heteroatoms. The predicted octanol–water partition coefficient (Wildman–Crippen LogP) is 4.05. The molecule has 1 aliphatic heterocycles. The fourth-order valence-electron chi connectivity index (χ4n) is 3.39. The van der Waals surface area contributed by atoms with Crippen LogP contribution < -0.4 is 10.2 Å². The first-order valence-electron chi connectivity index (χ1n) is 9.41. The number of nitrogens with one attached hydrogen (secondary N) is 1. The van der Waals surface area contributed by atoms with Crippen LogP contribution in [-0.4, -0.2) is 28.6 Å². The molecular formula is C20H26N4O2S. The second kappa shape index (κ2) is 8.17. The molecule has 27 heavy (non-hydrogen) atoms. The first-order chi connectivity index (χ1) is 12.9. The van der Waals surface area contributed by atoms with Gasteiger partial charge in [0.05, 0.1) is 5.92 Å². The summed E-state index contributed by atoms with van der Waals surface area (Å²) in [5.74, 6) is -0.218. The Labute approximate surface area is 164 Å². The summed E-state index contributed by atoms with van der Waals surface area (Å²) in [5, 5.41) is 12.6. The molecule has 144 valence electrons. The Kier molecular flexibility index (Phi) is 5.89. The van der Waals surface area contributed by atoms with Crippen LogP contribution in [0, 0.1) is 19.8 Å². The van der Waals surface area contributed by atoms with Crippen LogP contribution in [0.5, 0.6) is 0 Å². The molecule has 0 radical (unpaired) electrons. The van der Waals surface area contributed by atoms with Crippen LogP contribution >= 0.6 is 11.3 Å². The number of benzene rings is 1. The Hall–Kier alpha value is -2.28. The van der Waals surface area contributed by atoms with E-state index in [1.165, 1.54) is 11.3 Å². The fourth-order valence-corrected chi connectivity index (χ4v) is 4.22. The van der Waals surface area contributed by atoms with E-state index in [1.807, 2.05) is 32.0 Å². The SMILES string of the molecule is CCC[C@H](C)c1nnc(NC(=O)[C@H]2CC(=O)N(c3cccc(C)c3C)C2)s1. The van der Waals surface area contributed by atoms with E-state index in [9.17, 15) is 9.59 Å². The Morgan fingerprint density at radius 3 is 2.89 bits per heavy atom. The molecule has 2 heterocycles. The van der Waals surface area contributed by atoms with Crippen molar-refractivity contribution in [3.05, 3.63) is 34.3 Å². The lowest BCUT2D eigenvalue weighted by molar-refractivity contribution is -0.122.